The van der Waals surface area contributed by atoms with E-state index in [9.17, 15) is 9.59 Å². The Morgan fingerprint density at radius 2 is 2.07 bits per heavy atom. The monoisotopic (exact) mass is 433 g/mol. The average molecular weight is 434 g/mol. The molecule has 1 aromatic carbocycles. The molecule has 2 aromatic rings. The van der Waals surface area contributed by atoms with Crippen LogP contribution in [0, 0.1) is 0 Å². The van der Waals surface area contributed by atoms with E-state index in [1.54, 1.807) is 6.92 Å². The number of rotatable bonds is 4. The number of nitrogens with one attached hydrogen (secondary N) is 2. The van der Waals surface area contributed by atoms with Crippen molar-refractivity contribution in [3.8, 4) is 0 Å². The van der Waals surface area contributed by atoms with E-state index in [2.05, 4.69) is 31.7 Å². The number of benzene rings is 1. The fourth-order valence-electron chi connectivity index (χ4n) is 3.12. The van der Waals surface area contributed by atoms with Crippen molar-refractivity contribution < 1.29 is 9.59 Å². The van der Waals surface area contributed by atoms with E-state index >= 15 is 0 Å². The lowest BCUT2D eigenvalue weighted by Crippen LogP contribution is -2.60. The number of pyridine rings is 1. The van der Waals surface area contributed by atoms with Crippen molar-refractivity contribution >= 4 is 38.6 Å². The summed E-state index contributed by atoms with van der Waals surface area (Å²) >= 11 is 3.45. The molecule has 27 heavy (non-hydrogen) atoms. The quantitative estimate of drug-likeness (QED) is 0.684. The molecule has 0 spiro atoms. The van der Waals surface area contributed by atoms with E-state index in [0.29, 0.717) is 13.0 Å². The first-order valence-corrected chi connectivity index (χ1v) is 9.84. The van der Waals surface area contributed by atoms with Gasteiger partial charge in [-0.3, -0.25) is 19.6 Å². The predicted octanol–water partition coefficient (Wildman–Crippen LogP) is 2.02. The number of nitrogens with two attached hydrogens (primary N) is 1. The van der Waals surface area contributed by atoms with Gasteiger partial charge in [0.25, 0.3) is 5.91 Å². The molecule has 2 heterocycles. The molecular formula is C19H24BrN5O2. The molecule has 0 aliphatic carbocycles. The first-order valence-electron chi connectivity index (χ1n) is 9.05. The maximum Gasteiger partial charge on any atom is 0.253 e. The maximum absolute atomic E-state index is 12.7. The second-order valence-electron chi connectivity index (χ2n) is 6.91. The molecule has 1 aromatic heterocycles. The molecule has 8 heteroatoms. The molecule has 3 rings (SSSR count). The van der Waals surface area contributed by atoms with Gasteiger partial charge in [-0.25, -0.2) is 5.43 Å². The fourth-order valence-corrected chi connectivity index (χ4v) is 3.46. The number of fused-ring (bicyclic) bond motifs is 1. The van der Waals surface area contributed by atoms with E-state index in [-0.39, 0.29) is 17.9 Å². The van der Waals surface area contributed by atoms with Crippen LogP contribution in [-0.4, -0.2) is 40.4 Å². The highest BCUT2D eigenvalue weighted by atomic mass is 79.9. The number of hydrazine groups is 1. The Balaban J connectivity index is 1.67. The number of carbonyl (C=O) groups is 2. The molecule has 0 radical (unpaired) electrons. The fraction of sp³-hybridized carbons (Fsp3) is 0.421. The van der Waals surface area contributed by atoms with Gasteiger partial charge in [-0.2, -0.15) is 0 Å². The number of hydrogen-bond donors (Lipinski definition) is 3. The minimum Gasteiger partial charge on any atom is -0.347 e. The van der Waals surface area contributed by atoms with E-state index in [1.807, 2.05) is 37.3 Å². The van der Waals surface area contributed by atoms with Gasteiger partial charge in [-0.05, 0) is 44.9 Å². The summed E-state index contributed by atoms with van der Waals surface area (Å²) in [5, 5.41) is 5.48. The molecule has 144 valence electrons. The Kier molecular flexibility index (Phi) is 6.08. The highest BCUT2D eigenvalue weighted by molar-refractivity contribution is 9.10. The molecule has 0 saturated carbocycles. The zero-order chi connectivity index (χ0) is 19.6. The molecule has 1 saturated heterocycles. The standard InChI is InChI=1S/C19H24BrN5O2/c1-11(21)19(27)25-9-3-4-16(24-25)18(26)22-12(2)15-8-6-13-5-7-14(20)10-17(13)23-15/h5-8,10-12,16,24H,3-4,9,21H2,1-2H3,(H,22,26)/t11-,12+,16-/m0/s1. The van der Waals surface area contributed by atoms with Crippen LogP contribution in [-0.2, 0) is 9.59 Å². The number of hydrogen-bond acceptors (Lipinski definition) is 5. The molecule has 7 nitrogen and oxygen atoms in total. The molecule has 1 aliphatic heterocycles. The summed E-state index contributed by atoms with van der Waals surface area (Å²) in [6.45, 7) is 4.10. The van der Waals surface area contributed by atoms with Gasteiger partial charge in [-0.1, -0.05) is 28.1 Å². The lowest BCUT2D eigenvalue weighted by atomic mass is 10.1. The highest BCUT2D eigenvalue weighted by Gasteiger charge is 2.29. The van der Waals surface area contributed by atoms with Crippen molar-refractivity contribution in [3.63, 3.8) is 0 Å². The zero-order valence-electron chi connectivity index (χ0n) is 15.4. The van der Waals surface area contributed by atoms with Crippen molar-refractivity contribution in [2.24, 2.45) is 5.73 Å². The number of amides is 2. The van der Waals surface area contributed by atoms with Crippen LogP contribution in [0.4, 0.5) is 0 Å². The summed E-state index contributed by atoms with van der Waals surface area (Å²) in [6.07, 6.45) is 1.42. The van der Waals surface area contributed by atoms with Gasteiger partial charge in [0.2, 0.25) is 5.91 Å². The van der Waals surface area contributed by atoms with Crippen LogP contribution in [0.25, 0.3) is 10.9 Å². The Hall–Kier alpha value is -2.03. The van der Waals surface area contributed by atoms with Crippen molar-refractivity contribution in [3.05, 3.63) is 40.5 Å². The number of nitrogens with zero attached hydrogens (tertiary/aromatic N) is 2. The van der Waals surface area contributed by atoms with Crippen LogP contribution in [0.5, 0.6) is 0 Å². The van der Waals surface area contributed by atoms with Gasteiger partial charge in [-0.15, -0.1) is 0 Å². The Labute approximate surface area is 166 Å². The van der Waals surface area contributed by atoms with Crippen molar-refractivity contribution in [2.45, 2.75) is 44.8 Å². The van der Waals surface area contributed by atoms with Crippen LogP contribution in [0.2, 0.25) is 0 Å². The third-order valence-electron chi connectivity index (χ3n) is 4.64. The van der Waals surface area contributed by atoms with Gasteiger partial charge in [0, 0.05) is 16.4 Å². The van der Waals surface area contributed by atoms with Crippen LogP contribution in [0.1, 0.15) is 38.4 Å². The normalized spacial score (nSPS) is 19.6. The van der Waals surface area contributed by atoms with E-state index in [4.69, 9.17) is 5.73 Å². The summed E-state index contributed by atoms with van der Waals surface area (Å²) in [7, 11) is 0. The first-order chi connectivity index (χ1) is 12.8. The predicted molar refractivity (Wildman–Crippen MR) is 108 cm³/mol. The minimum absolute atomic E-state index is 0.152. The Morgan fingerprint density at radius 3 is 2.81 bits per heavy atom. The third kappa shape index (κ3) is 4.63. The maximum atomic E-state index is 12.7. The first kappa shape index (κ1) is 19.7. The van der Waals surface area contributed by atoms with Crippen LogP contribution >= 0.6 is 15.9 Å². The number of halogens is 1. The van der Waals surface area contributed by atoms with E-state index < -0.39 is 12.1 Å². The summed E-state index contributed by atoms with van der Waals surface area (Å²) in [4.78, 5) is 29.4. The summed E-state index contributed by atoms with van der Waals surface area (Å²) < 4.78 is 0.960. The SMILES string of the molecule is C[C@H](N)C(=O)N1CCC[C@@H](C(=O)N[C@H](C)c2ccc3ccc(Br)cc3n2)N1. The van der Waals surface area contributed by atoms with Gasteiger partial charge in [0.1, 0.15) is 6.04 Å². The van der Waals surface area contributed by atoms with E-state index in [0.717, 1.165) is 27.5 Å². The lowest BCUT2D eigenvalue weighted by molar-refractivity contribution is -0.140. The second-order valence-corrected chi connectivity index (χ2v) is 7.82. The molecule has 0 unspecified atom stereocenters. The minimum atomic E-state index is -0.598. The molecule has 4 N–H and O–H groups in total. The second kappa shape index (κ2) is 8.33. The third-order valence-corrected chi connectivity index (χ3v) is 5.13. The lowest BCUT2D eigenvalue weighted by Gasteiger charge is -2.34. The topological polar surface area (TPSA) is 100 Å². The summed E-state index contributed by atoms with van der Waals surface area (Å²) in [6, 6.07) is 8.53. The Morgan fingerprint density at radius 1 is 1.33 bits per heavy atom. The largest absolute Gasteiger partial charge is 0.347 e. The van der Waals surface area contributed by atoms with E-state index in [1.165, 1.54) is 5.01 Å². The summed E-state index contributed by atoms with van der Waals surface area (Å²) in [5.74, 6) is -0.358. The van der Waals surface area contributed by atoms with Crippen LogP contribution < -0.4 is 16.5 Å². The average Bonchev–Trinajstić information content (AvgIpc) is 2.66. The van der Waals surface area contributed by atoms with Gasteiger partial charge >= 0.3 is 0 Å². The number of carbonyl (C=O) groups excluding carboxylic acids is 2. The smallest absolute Gasteiger partial charge is 0.253 e. The van der Waals surface area contributed by atoms with Crippen molar-refractivity contribution in [1.82, 2.24) is 20.7 Å². The molecule has 0 bridgehead atoms. The molecule has 2 amide bonds. The molecular weight excluding hydrogens is 410 g/mol. The highest BCUT2D eigenvalue weighted by Crippen LogP contribution is 2.21. The van der Waals surface area contributed by atoms with Crippen molar-refractivity contribution in [1.29, 1.82) is 0 Å². The van der Waals surface area contributed by atoms with Crippen LogP contribution in [0.3, 0.4) is 0 Å². The number of aromatic nitrogens is 1. The zero-order valence-corrected chi connectivity index (χ0v) is 17.0. The van der Waals surface area contributed by atoms with Gasteiger partial charge in [0.05, 0.1) is 23.3 Å². The Bertz CT molecular complexity index is 857. The molecule has 3 atom stereocenters. The van der Waals surface area contributed by atoms with Gasteiger partial charge in [0.15, 0.2) is 0 Å². The van der Waals surface area contributed by atoms with Crippen molar-refractivity contribution in [2.75, 3.05) is 6.54 Å². The molecule has 1 aliphatic rings. The van der Waals surface area contributed by atoms with Crippen LogP contribution in [0.15, 0.2) is 34.8 Å². The molecule has 1 fully saturated rings. The summed E-state index contributed by atoms with van der Waals surface area (Å²) in [5.41, 5.74) is 10.3. The van der Waals surface area contributed by atoms with Gasteiger partial charge < -0.3 is 11.1 Å².